The number of hydrogen-bond acceptors (Lipinski definition) is 2. The molecular formula is C15H24BrNS. The summed E-state index contributed by atoms with van der Waals surface area (Å²) in [5.74, 6) is 0. The molecule has 0 heterocycles. The fraction of sp³-hybridized carbons (Fsp3) is 0.600. The monoisotopic (exact) mass is 329 g/mol. The molecule has 18 heavy (non-hydrogen) atoms. The van der Waals surface area contributed by atoms with Crippen molar-refractivity contribution in [2.45, 2.75) is 56.7 Å². The Kier molecular flexibility index (Phi) is 7.35. The summed E-state index contributed by atoms with van der Waals surface area (Å²) >= 11 is 5.55. The van der Waals surface area contributed by atoms with E-state index in [1.165, 1.54) is 27.8 Å². The molecule has 2 atom stereocenters. The van der Waals surface area contributed by atoms with E-state index in [2.05, 4.69) is 67.1 Å². The summed E-state index contributed by atoms with van der Waals surface area (Å²) in [5, 5.41) is 4.23. The van der Waals surface area contributed by atoms with Crippen molar-refractivity contribution in [3.05, 3.63) is 28.2 Å². The van der Waals surface area contributed by atoms with Crippen LogP contribution in [0.4, 0.5) is 0 Å². The molecule has 0 radical (unpaired) electrons. The highest BCUT2D eigenvalue weighted by molar-refractivity contribution is 9.10. The molecule has 0 aliphatic carbocycles. The van der Waals surface area contributed by atoms with Crippen LogP contribution in [0.15, 0.2) is 27.6 Å². The second kappa shape index (κ2) is 8.23. The Balaban J connectivity index is 2.88. The van der Waals surface area contributed by atoms with Crippen LogP contribution in [-0.4, -0.2) is 11.8 Å². The predicted molar refractivity (Wildman–Crippen MR) is 86.5 cm³/mol. The third-order valence-electron chi connectivity index (χ3n) is 3.05. The van der Waals surface area contributed by atoms with Crippen molar-refractivity contribution in [1.82, 2.24) is 5.32 Å². The van der Waals surface area contributed by atoms with Crippen molar-refractivity contribution in [2.24, 2.45) is 0 Å². The van der Waals surface area contributed by atoms with Crippen LogP contribution in [0, 0.1) is 0 Å². The van der Waals surface area contributed by atoms with E-state index in [-0.39, 0.29) is 0 Å². The summed E-state index contributed by atoms with van der Waals surface area (Å²) < 4.78 is 1.17. The third kappa shape index (κ3) is 4.94. The van der Waals surface area contributed by atoms with Crippen LogP contribution in [0.3, 0.4) is 0 Å². The lowest BCUT2D eigenvalue weighted by molar-refractivity contribution is 0.563. The molecule has 0 aromatic heterocycles. The Morgan fingerprint density at radius 1 is 1.28 bits per heavy atom. The van der Waals surface area contributed by atoms with Crippen molar-refractivity contribution in [3.63, 3.8) is 0 Å². The second-order valence-corrected chi connectivity index (χ2v) is 7.09. The molecule has 3 heteroatoms. The largest absolute Gasteiger partial charge is 0.310 e. The van der Waals surface area contributed by atoms with Gasteiger partial charge in [-0.05, 0) is 44.0 Å². The number of halogens is 1. The minimum Gasteiger partial charge on any atom is -0.310 e. The van der Waals surface area contributed by atoms with Gasteiger partial charge < -0.3 is 5.32 Å². The van der Waals surface area contributed by atoms with Crippen molar-refractivity contribution < 1.29 is 0 Å². The molecule has 0 spiro atoms. The van der Waals surface area contributed by atoms with Crippen LogP contribution in [0.1, 0.15) is 52.1 Å². The molecule has 0 fully saturated rings. The molecule has 0 saturated carbocycles. The quantitative estimate of drug-likeness (QED) is 0.672. The highest BCUT2D eigenvalue weighted by atomic mass is 79.9. The van der Waals surface area contributed by atoms with E-state index in [0.29, 0.717) is 11.3 Å². The fourth-order valence-electron chi connectivity index (χ4n) is 1.74. The van der Waals surface area contributed by atoms with Crippen molar-refractivity contribution >= 4 is 27.7 Å². The number of hydrogen-bond donors (Lipinski definition) is 1. The summed E-state index contributed by atoms with van der Waals surface area (Å²) in [5.41, 5.74) is 1.41. The topological polar surface area (TPSA) is 12.0 Å². The van der Waals surface area contributed by atoms with Gasteiger partial charge in [-0.3, -0.25) is 0 Å². The van der Waals surface area contributed by atoms with Gasteiger partial charge in [-0.15, -0.1) is 11.8 Å². The molecule has 0 aliphatic rings. The Morgan fingerprint density at radius 2 is 2.00 bits per heavy atom. The predicted octanol–water partition coefficient (Wildman–Crippen LogP) is 5.40. The van der Waals surface area contributed by atoms with E-state index in [9.17, 15) is 0 Å². The standard InChI is InChI=1S/C15H24BrNS/c1-5-9-17-12(4)14-8-7-13(16)10-15(14)18-11(3)6-2/h7-8,10-12,17H,5-6,9H2,1-4H3. The van der Waals surface area contributed by atoms with Gasteiger partial charge in [0.2, 0.25) is 0 Å². The molecule has 102 valence electrons. The van der Waals surface area contributed by atoms with Gasteiger partial charge in [-0.25, -0.2) is 0 Å². The van der Waals surface area contributed by atoms with Crippen LogP contribution in [0.5, 0.6) is 0 Å². The van der Waals surface area contributed by atoms with E-state index >= 15 is 0 Å². The summed E-state index contributed by atoms with van der Waals surface area (Å²) in [4.78, 5) is 1.40. The van der Waals surface area contributed by atoms with Crippen LogP contribution >= 0.6 is 27.7 Å². The third-order valence-corrected chi connectivity index (χ3v) is 4.88. The highest BCUT2D eigenvalue weighted by Gasteiger charge is 2.12. The number of benzene rings is 1. The minimum absolute atomic E-state index is 0.421. The second-order valence-electron chi connectivity index (χ2n) is 4.69. The van der Waals surface area contributed by atoms with E-state index in [4.69, 9.17) is 0 Å². The first-order chi connectivity index (χ1) is 8.58. The minimum atomic E-state index is 0.421. The van der Waals surface area contributed by atoms with Gasteiger partial charge in [0.15, 0.2) is 0 Å². The first-order valence-corrected chi connectivity index (χ1v) is 8.45. The van der Waals surface area contributed by atoms with Crippen LogP contribution in [-0.2, 0) is 0 Å². The summed E-state index contributed by atoms with van der Waals surface area (Å²) in [6.07, 6.45) is 2.38. The fourth-order valence-corrected chi connectivity index (χ4v) is 3.43. The van der Waals surface area contributed by atoms with Gasteiger partial charge in [0.25, 0.3) is 0 Å². The lowest BCUT2D eigenvalue weighted by Gasteiger charge is -2.19. The lowest BCUT2D eigenvalue weighted by atomic mass is 10.1. The molecule has 0 saturated heterocycles. The van der Waals surface area contributed by atoms with Gasteiger partial charge in [-0.1, -0.05) is 42.8 Å². The Labute approximate surface area is 124 Å². The molecule has 0 amide bonds. The molecule has 1 rings (SSSR count). The summed E-state index contributed by atoms with van der Waals surface area (Å²) in [7, 11) is 0. The summed E-state index contributed by atoms with van der Waals surface area (Å²) in [6.45, 7) is 10.1. The SMILES string of the molecule is CCCNC(C)c1ccc(Br)cc1SC(C)CC. The van der Waals surface area contributed by atoms with E-state index < -0.39 is 0 Å². The van der Waals surface area contributed by atoms with E-state index in [1.807, 2.05) is 11.8 Å². The Morgan fingerprint density at radius 3 is 2.61 bits per heavy atom. The normalized spacial score (nSPS) is 14.5. The molecule has 2 unspecified atom stereocenters. The zero-order chi connectivity index (χ0) is 13.5. The molecule has 0 bridgehead atoms. The van der Waals surface area contributed by atoms with Gasteiger partial charge in [-0.2, -0.15) is 0 Å². The van der Waals surface area contributed by atoms with E-state index in [0.717, 1.165) is 6.54 Å². The number of nitrogens with one attached hydrogen (secondary N) is 1. The van der Waals surface area contributed by atoms with Gasteiger partial charge in [0.05, 0.1) is 0 Å². The molecule has 1 N–H and O–H groups in total. The molecular weight excluding hydrogens is 306 g/mol. The maximum Gasteiger partial charge on any atom is 0.0302 e. The lowest BCUT2D eigenvalue weighted by Crippen LogP contribution is -2.20. The Hall–Kier alpha value is 0.01000. The Bertz CT molecular complexity index is 368. The van der Waals surface area contributed by atoms with E-state index in [1.54, 1.807) is 0 Å². The van der Waals surface area contributed by atoms with Crippen LogP contribution in [0.2, 0.25) is 0 Å². The molecule has 1 aromatic carbocycles. The molecule has 1 aromatic rings. The van der Waals surface area contributed by atoms with Gasteiger partial charge in [0.1, 0.15) is 0 Å². The zero-order valence-electron chi connectivity index (χ0n) is 11.8. The highest BCUT2D eigenvalue weighted by Crippen LogP contribution is 2.33. The van der Waals surface area contributed by atoms with Crippen LogP contribution in [0.25, 0.3) is 0 Å². The zero-order valence-corrected chi connectivity index (χ0v) is 14.2. The van der Waals surface area contributed by atoms with Gasteiger partial charge >= 0.3 is 0 Å². The van der Waals surface area contributed by atoms with Gasteiger partial charge in [0, 0.05) is 20.7 Å². The summed E-state index contributed by atoms with van der Waals surface area (Å²) in [6, 6.07) is 7.04. The van der Waals surface area contributed by atoms with Crippen molar-refractivity contribution in [1.29, 1.82) is 0 Å². The molecule has 1 nitrogen and oxygen atoms in total. The first kappa shape index (κ1) is 16.1. The molecule has 0 aliphatic heterocycles. The maximum atomic E-state index is 3.58. The average molecular weight is 330 g/mol. The maximum absolute atomic E-state index is 3.58. The number of rotatable bonds is 7. The van der Waals surface area contributed by atoms with Crippen LogP contribution < -0.4 is 5.32 Å². The first-order valence-electron chi connectivity index (χ1n) is 6.77. The average Bonchev–Trinajstić information content (AvgIpc) is 2.36. The van der Waals surface area contributed by atoms with Crippen molar-refractivity contribution in [3.8, 4) is 0 Å². The smallest absolute Gasteiger partial charge is 0.0302 e. The van der Waals surface area contributed by atoms with Crippen molar-refractivity contribution in [2.75, 3.05) is 6.54 Å². The number of thioether (sulfide) groups is 1.